The zero-order valence-corrected chi connectivity index (χ0v) is 11.1. The molecule has 2 aromatic carbocycles. The van der Waals surface area contributed by atoms with Crippen LogP contribution in [0.3, 0.4) is 0 Å². The van der Waals surface area contributed by atoms with E-state index in [4.69, 9.17) is 4.74 Å². The standard InChI is InChI=1S/C16H19NO2/c1-2-19-16-9-7-15(8-10-16)17-11-13-5-3-4-6-14(13)12-18/h3-10,17-18H,2,11-12H2,1H3. The van der Waals surface area contributed by atoms with Crippen molar-refractivity contribution in [3.8, 4) is 5.75 Å². The molecule has 2 rings (SSSR count). The van der Waals surface area contributed by atoms with Gasteiger partial charge in [-0.3, -0.25) is 0 Å². The van der Waals surface area contributed by atoms with Crippen molar-refractivity contribution >= 4 is 5.69 Å². The van der Waals surface area contributed by atoms with Crippen LogP contribution in [0.2, 0.25) is 0 Å². The van der Waals surface area contributed by atoms with Crippen LogP contribution < -0.4 is 10.1 Å². The molecule has 19 heavy (non-hydrogen) atoms. The van der Waals surface area contributed by atoms with Gasteiger partial charge in [0.05, 0.1) is 13.2 Å². The number of hydrogen-bond donors (Lipinski definition) is 2. The number of aliphatic hydroxyl groups is 1. The Labute approximate surface area is 113 Å². The zero-order chi connectivity index (χ0) is 13.5. The summed E-state index contributed by atoms with van der Waals surface area (Å²) >= 11 is 0. The van der Waals surface area contributed by atoms with E-state index in [2.05, 4.69) is 5.32 Å². The molecule has 0 atom stereocenters. The number of rotatable bonds is 6. The summed E-state index contributed by atoms with van der Waals surface area (Å²) < 4.78 is 5.40. The van der Waals surface area contributed by atoms with Gasteiger partial charge in [-0.05, 0) is 42.3 Å². The average Bonchev–Trinajstić information content (AvgIpc) is 2.47. The van der Waals surface area contributed by atoms with E-state index in [9.17, 15) is 5.11 Å². The van der Waals surface area contributed by atoms with Gasteiger partial charge in [-0.1, -0.05) is 24.3 Å². The minimum Gasteiger partial charge on any atom is -0.494 e. The fourth-order valence-corrected chi connectivity index (χ4v) is 1.92. The van der Waals surface area contributed by atoms with E-state index in [1.807, 2.05) is 55.5 Å². The molecule has 0 aromatic heterocycles. The van der Waals surface area contributed by atoms with E-state index >= 15 is 0 Å². The van der Waals surface area contributed by atoms with Crippen LogP contribution in [-0.2, 0) is 13.2 Å². The molecule has 2 N–H and O–H groups in total. The predicted molar refractivity (Wildman–Crippen MR) is 77.3 cm³/mol. The average molecular weight is 257 g/mol. The van der Waals surface area contributed by atoms with E-state index in [1.54, 1.807) is 0 Å². The van der Waals surface area contributed by atoms with Gasteiger partial charge in [0.2, 0.25) is 0 Å². The molecule has 0 aliphatic rings. The highest BCUT2D eigenvalue weighted by atomic mass is 16.5. The Bertz CT molecular complexity index is 508. The lowest BCUT2D eigenvalue weighted by atomic mass is 10.1. The molecule has 0 bridgehead atoms. The predicted octanol–water partition coefficient (Wildman–Crippen LogP) is 3.19. The van der Waals surface area contributed by atoms with Crippen LogP contribution in [0.25, 0.3) is 0 Å². The van der Waals surface area contributed by atoms with Crippen LogP contribution in [0.1, 0.15) is 18.1 Å². The third-order valence-electron chi connectivity index (χ3n) is 2.94. The van der Waals surface area contributed by atoms with Crippen molar-refractivity contribution in [1.82, 2.24) is 0 Å². The SMILES string of the molecule is CCOc1ccc(NCc2ccccc2CO)cc1. The van der Waals surface area contributed by atoms with Crippen molar-refractivity contribution in [3.05, 3.63) is 59.7 Å². The van der Waals surface area contributed by atoms with E-state index in [0.29, 0.717) is 13.2 Å². The second kappa shape index (κ2) is 6.81. The first kappa shape index (κ1) is 13.4. The first-order chi connectivity index (χ1) is 9.33. The van der Waals surface area contributed by atoms with Gasteiger partial charge >= 0.3 is 0 Å². The van der Waals surface area contributed by atoms with Crippen LogP contribution in [0.15, 0.2) is 48.5 Å². The summed E-state index contributed by atoms with van der Waals surface area (Å²) in [4.78, 5) is 0. The third-order valence-corrected chi connectivity index (χ3v) is 2.94. The monoisotopic (exact) mass is 257 g/mol. The lowest BCUT2D eigenvalue weighted by molar-refractivity contribution is 0.280. The van der Waals surface area contributed by atoms with Gasteiger partial charge in [0.15, 0.2) is 0 Å². The van der Waals surface area contributed by atoms with Crippen molar-refractivity contribution in [1.29, 1.82) is 0 Å². The Balaban J connectivity index is 1.98. The molecular formula is C16H19NO2. The molecule has 2 aromatic rings. The Kier molecular flexibility index (Phi) is 4.81. The molecular weight excluding hydrogens is 238 g/mol. The lowest BCUT2D eigenvalue weighted by Crippen LogP contribution is -2.03. The van der Waals surface area contributed by atoms with Crippen LogP contribution in [0.4, 0.5) is 5.69 Å². The van der Waals surface area contributed by atoms with Gasteiger partial charge in [0, 0.05) is 12.2 Å². The fraction of sp³-hybridized carbons (Fsp3) is 0.250. The van der Waals surface area contributed by atoms with E-state index in [1.165, 1.54) is 0 Å². The number of anilines is 1. The second-order valence-corrected chi connectivity index (χ2v) is 4.24. The first-order valence-electron chi connectivity index (χ1n) is 6.48. The van der Waals surface area contributed by atoms with Crippen molar-refractivity contribution in [2.75, 3.05) is 11.9 Å². The van der Waals surface area contributed by atoms with Crippen molar-refractivity contribution in [2.45, 2.75) is 20.1 Å². The number of nitrogens with one attached hydrogen (secondary N) is 1. The van der Waals surface area contributed by atoms with Gasteiger partial charge in [-0.25, -0.2) is 0 Å². The zero-order valence-electron chi connectivity index (χ0n) is 11.1. The Morgan fingerprint density at radius 1 is 1.00 bits per heavy atom. The maximum absolute atomic E-state index is 9.27. The highest BCUT2D eigenvalue weighted by Gasteiger charge is 2.00. The number of hydrogen-bond acceptors (Lipinski definition) is 3. The van der Waals surface area contributed by atoms with Crippen LogP contribution in [0.5, 0.6) is 5.75 Å². The van der Waals surface area contributed by atoms with E-state index in [0.717, 1.165) is 22.6 Å². The molecule has 0 saturated carbocycles. The van der Waals surface area contributed by atoms with Crippen molar-refractivity contribution < 1.29 is 9.84 Å². The second-order valence-electron chi connectivity index (χ2n) is 4.24. The molecule has 100 valence electrons. The van der Waals surface area contributed by atoms with Gasteiger partial charge in [-0.15, -0.1) is 0 Å². The van der Waals surface area contributed by atoms with Gasteiger partial charge < -0.3 is 15.2 Å². The van der Waals surface area contributed by atoms with Gasteiger partial charge in [-0.2, -0.15) is 0 Å². The van der Waals surface area contributed by atoms with E-state index in [-0.39, 0.29) is 6.61 Å². The minimum absolute atomic E-state index is 0.0706. The molecule has 0 aliphatic carbocycles. The quantitative estimate of drug-likeness (QED) is 0.835. The van der Waals surface area contributed by atoms with Crippen LogP contribution in [-0.4, -0.2) is 11.7 Å². The molecule has 0 spiro atoms. The summed E-state index contributed by atoms with van der Waals surface area (Å²) in [5, 5.41) is 12.6. The summed E-state index contributed by atoms with van der Waals surface area (Å²) in [5.41, 5.74) is 3.11. The minimum atomic E-state index is 0.0706. The normalized spacial score (nSPS) is 10.2. The Hall–Kier alpha value is -2.00. The summed E-state index contributed by atoms with van der Waals surface area (Å²) in [7, 11) is 0. The lowest BCUT2D eigenvalue weighted by Gasteiger charge is -2.10. The number of aliphatic hydroxyl groups excluding tert-OH is 1. The molecule has 0 aliphatic heterocycles. The van der Waals surface area contributed by atoms with Crippen LogP contribution >= 0.6 is 0 Å². The highest BCUT2D eigenvalue weighted by Crippen LogP contribution is 2.17. The van der Waals surface area contributed by atoms with Crippen molar-refractivity contribution in [2.24, 2.45) is 0 Å². The summed E-state index contributed by atoms with van der Waals surface area (Å²) in [5.74, 6) is 0.879. The largest absolute Gasteiger partial charge is 0.494 e. The molecule has 0 fully saturated rings. The Morgan fingerprint density at radius 2 is 1.68 bits per heavy atom. The maximum atomic E-state index is 9.27. The number of benzene rings is 2. The topological polar surface area (TPSA) is 41.5 Å². The molecule has 3 nitrogen and oxygen atoms in total. The molecule has 3 heteroatoms. The van der Waals surface area contributed by atoms with Crippen molar-refractivity contribution in [3.63, 3.8) is 0 Å². The maximum Gasteiger partial charge on any atom is 0.119 e. The Morgan fingerprint density at radius 3 is 2.32 bits per heavy atom. The van der Waals surface area contributed by atoms with Crippen LogP contribution in [0, 0.1) is 0 Å². The smallest absolute Gasteiger partial charge is 0.119 e. The first-order valence-corrected chi connectivity index (χ1v) is 6.48. The fourth-order valence-electron chi connectivity index (χ4n) is 1.92. The summed E-state index contributed by atoms with van der Waals surface area (Å²) in [6, 6.07) is 15.8. The molecule has 0 heterocycles. The third kappa shape index (κ3) is 3.73. The number of ether oxygens (including phenoxy) is 1. The van der Waals surface area contributed by atoms with Gasteiger partial charge in [0.1, 0.15) is 5.75 Å². The van der Waals surface area contributed by atoms with E-state index < -0.39 is 0 Å². The molecule has 0 amide bonds. The van der Waals surface area contributed by atoms with Gasteiger partial charge in [0.25, 0.3) is 0 Å². The molecule has 0 radical (unpaired) electrons. The molecule has 0 unspecified atom stereocenters. The summed E-state index contributed by atoms with van der Waals surface area (Å²) in [6.45, 7) is 3.42. The molecule has 0 saturated heterocycles. The summed E-state index contributed by atoms with van der Waals surface area (Å²) in [6.07, 6.45) is 0. The highest BCUT2D eigenvalue weighted by molar-refractivity contribution is 5.47.